The number of para-hydroxylation sites is 2. The predicted octanol–water partition coefficient (Wildman–Crippen LogP) is 9.05. The molecule has 7 rings (SSSR count). The van der Waals surface area contributed by atoms with Crippen LogP contribution in [-0.4, -0.2) is 23.0 Å². The molecule has 0 radical (unpaired) electrons. The third-order valence-electron chi connectivity index (χ3n) is 8.32. The van der Waals surface area contributed by atoms with Gasteiger partial charge >= 0.3 is 0 Å². The first-order valence-electron chi connectivity index (χ1n) is 14.9. The normalized spacial score (nSPS) is 11.3. The van der Waals surface area contributed by atoms with Crippen molar-refractivity contribution in [2.24, 2.45) is 0 Å². The van der Waals surface area contributed by atoms with Gasteiger partial charge in [0.2, 0.25) is 5.91 Å². The molecule has 0 saturated carbocycles. The van der Waals surface area contributed by atoms with Crippen molar-refractivity contribution in [2.75, 3.05) is 12.4 Å². The SMILES string of the molecule is COc1ccc2[nH]c(C(c3ccccc3)c3ccccc3)c(-c3c(Cc4ccccc4NC(C)=O)[nH]c4ccccc34)c2c1. The summed E-state index contributed by atoms with van der Waals surface area (Å²) in [5.74, 6) is 0.672. The van der Waals surface area contributed by atoms with E-state index in [1.807, 2.05) is 24.3 Å². The van der Waals surface area contributed by atoms with Gasteiger partial charge in [0.1, 0.15) is 5.75 Å². The highest BCUT2D eigenvalue weighted by molar-refractivity contribution is 6.08. The van der Waals surface area contributed by atoms with Gasteiger partial charge in [0.15, 0.2) is 0 Å². The summed E-state index contributed by atoms with van der Waals surface area (Å²) in [7, 11) is 1.71. The van der Waals surface area contributed by atoms with Crippen molar-refractivity contribution in [1.29, 1.82) is 0 Å². The minimum Gasteiger partial charge on any atom is -0.497 e. The summed E-state index contributed by atoms with van der Waals surface area (Å²) in [5.41, 5.74) is 10.9. The van der Waals surface area contributed by atoms with Crippen molar-refractivity contribution in [2.45, 2.75) is 19.3 Å². The number of fused-ring (bicyclic) bond motifs is 2. The largest absolute Gasteiger partial charge is 0.497 e. The molecule has 0 atom stereocenters. The zero-order valence-electron chi connectivity index (χ0n) is 24.7. The predicted molar refractivity (Wildman–Crippen MR) is 180 cm³/mol. The molecule has 7 aromatic rings. The first kappa shape index (κ1) is 27.3. The number of methoxy groups -OCH3 is 1. The average Bonchev–Trinajstić information content (AvgIpc) is 3.59. The maximum absolute atomic E-state index is 12.1. The average molecular weight is 576 g/mol. The molecule has 5 nitrogen and oxygen atoms in total. The number of ether oxygens (including phenoxy) is 1. The number of amides is 1. The Morgan fingerprint density at radius 1 is 0.705 bits per heavy atom. The molecule has 5 heteroatoms. The molecular weight excluding hydrogens is 542 g/mol. The van der Waals surface area contributed by atoms with Gasteiger partial charge < -0.3 is 20.0 Å². The molecule has 0 aliphatic heterocycles. The first-order chi connectivity index (χ1) is 21.6. The number of anilines is 1. The zero-order chi connectivity index (χ0) is 30.0. The quantitative estimate of drug-likeness (QED) is 0.169. The topological polar surface area (TPSA) is 69.9 Å². The van der Waals surface area contributed by atoms with Gasteiger partial charge in [0.05, 0.1) is 7.11 Å². The van der Waals surface area contributed by atoms with Crippen LogP contribution in [-0.2, 0) is 11.2 Å². The fourth-order valence-electron chi connectivity index (χ4n) is 6.41. The summed E-state index contributed by atoms with van der Waals surface area (Å²) in [6, 6.07) is 44.1. The van der Waals surface area contributed by atoms with E-state index in [0.29, 0.717) is 6.42 Å². The molecular formula is C39H33N3O2. The molecule has 0 aliphatic rings. The fourth-order valence-corrected chi connectivity index (χ4v) is 6.41. The number of nitrogens with one attached hydrogen (secondary N) is 3. The molecule has 44 heavy (non-hydrogen) atoms. The second kappa shape index (κ2) is 11.6. The third-order valence-corrected chi connectivity index (χ3v) is 8.32. The minimum absolute atomic E-state index is 0.0426. The van der Waals surface area contributed by atoms with Gasteiger partial charge in [-0.05, 0) is 47.0 Å². The Bertz CT molecular complexity index is 2050. The van der Waals surface area contributed by atoms with Crippen LogP contribution in [0.5, 0.6) is 5.75 Å². The van der Waals surface area contributed by atoms with E-state index in [1.54, 1.807) is 14.0 Å². The van der Waals surface area contributed by atoms with Crippen LogP contribution in [0.1, 0.15) is 40.9 Å². The van der Waals surface area contributed by atoms with Crippen LogP contribution in [0, 0.1) is 0 Å². The van der Waals surface area contributed by atoms with Crippen LogP contribution in [0.25, 0.3) is 32.9 Å². The van der Waals surface area contributed by atoms with Crippen LogP contribution < -0.4 is 10.1 Å². The van der Waals surface area contributed by atoms with Gasteiger partial charge in [0, 0.05) is 69.3 Å². The highest BCUT2D eigenvalue weighted by atomic mass is 16.5. The molecule has 2 aromatic heterocycles. The summed E-state index contributed by atoms with van der Waals surface area (Å²) in [6.07, 6.45) is 0.609. The lowest BCUT2D eigenvalue weighted by molar-refractivity contribution is -0.114. The molecule has 0 aliphatic carbocycles. The van der Waals surface area contributed by atoms with E-state index in [0.717, 1.165) is 61.3 Å². The maximum Gasteiger partial charge on any atom is 0.221 e. The van der Waals surface area contributed by atoms with Gasteiger partial charge in [0.25, 0.3) is 0 Å². The number of aromatic amines is 2. The molecule has 0 bridgehead atoms. The van der Waals surface area contributed by atoms with Gasteiger partial charge in [-0.2, -0.15) is 0 Å². The Morgan fingerprint density at radius 2 is 1.34 bits per heavy atom. The first-order valence-corrected chi connectivity index (χ1v) is 14.9. The summed E-state index contributed by atoms with van der Waals surface area (Å²) in [4.78, 5) is 19.7. The van der Waals surface area contributed by atoms with E-state index in [1.165, 1.54) is 11.1 Å². The van der Waals surface area contributed by atoms with Crippen molar-refractivity contribution in [3.63, 3.8) is 0 Å². The number of carbonyl (C=O) groups is 1. The monoisotopic (exact) mass is 575 g/mol. The Morgan fingerprint density at radius 3 is 2.05 bits per heavy atom. The van der Waals surface area contributed by atoms with Gasteiger partial charge in [-0.15, -0.1) is 0 Å². The standard InChI is InChI=1S/C39H33N3O2/c1-25(43)40-32-19-11-9-17-28(32)23-35-37(30-18-10-12-20-33(30)41-35)38-31-24-29(44-2)21-22-34(31)42-39(38)36(26-13-5-3-6-14-26)27-15-7-4-8-16-27/h3-22,24,36,41-42H,23H2,1-2H3,(H,40,43). The van der Waals surface area contributed by atoms with E-state index in [9.17, 15) is 4.79 Å². The molecule has 5 aromatic carbocycles. The Balaban J connectivity index is 1.54. The number of benzene rings is 5. The molecule has 0 spiro atoms. The van der Waals surface area contributed by atoms with E-state index in [2.05, 4.69) is 118 Å². The Kier molecular flexibility index (Phi) is 7.20. The lowest BCUT2D eigenvalue weighted by atomic mass is 9.84. The van der Waals surface area contributed by atoms with Crippen molar-refractivity contribution < 1.29 is 9.53 Å². The van der Waals surface area contributed by atoms with E-state index >= 15 is 0 Å². The molecule has 0 saturated heterocycles. The lowest BCUT2D eigenvalue weighted by Crippen LogP contribution is -2.08. The highest BCUT2D eigenvalue weighted by Gasteiger charge is 2.28. The van der Waals surface area contributed by atoms with Crippen molar-refractivity contribution in [1.82, 2.24) is 9.97 Å². The van der Waals surface area contributed by atoms with Gasteiger partial charge in [-0.1, -0.05) is 97.1 Å². The molecule has 0 unspecified atom stereocenters. The number of rotatable bonds is 8. The number of hydrogen-bond acceptors (Lipinski definition) is 2. The smallest absolute Gasteiger partial charge is 0.221 e. The van der Waals surface area contributed by atoms with Crippen LogP contribution in [0.3, 0.4) is 0 Å². The third kappa shape index (κ3) is 5.03. The molecule has 216 valence electrons. The van der Waals surface area contributed by atoms with E-state index in [4.69, 9.17) is 4.74 Å². The van der Waals surface area contributed by atoms with Gasteiger partial charge in [-0.25, -0.2) is 0 Å². The lowest BCUT2D eigenvalue weighted by Gasteiger charge is -2.20. The van der Waals surface area contributed by atoms with Crippen LogP contribution >= 0.6 is 0 Å². The summed E-state index contributed by atoms with van der Waals surface area (Å²) in [6.45, 7) is 1.55. The summed E-state index contributed by atoms with van der Waals surface area (Å²) < 4.78 is 5.74. The molecule has 1 amide bonds. The molecule has 3 N–H and O–H groups in total. The number of hydrogen-bond donors (Lipinski definition) is 3. The zero-order valence-corrected chi connectivity index (χ0v) is 24.7. The highest BCUT2D eigenvalue weighted by Crippen LogP contribution is 2.46. The van der Waals surface area contributed by atoms with Crippen LogP contribution in [0.2, 0.25) is 0 Å². The van der Waals surface area contributed by atoms with E-state index < -0.39 is 0 Å². The minimum atomic E-state index is -0.0890. The van der Waals surface area contributed by atoms with Crippen LogP contribution in [0.15, 0.2) is 127 Å². The van der Waals surface area contributed by atoms with Crippen molar-refractivity contribution >= 4 is 33.4 Å². The summed E-state index contributed by atoms with van der Waals surface area (Å²) in [5, 5.41) is 5.26. The number of carbonyl (C=O) groups excluding carboxylic acids is 1. The Hall–Kier alpha value is -5.55. The summed E-state index contributed by atoms with van der Waals surface area (Å²) >= 11 is 0. The molecule has 2 heterocycles. The fraction of sp³-hybridized carbons (Fsp3) is 0.103. The van der Waals surface area contributed by atoms with Crippen molar-refractivity contribution in [3.8, 4) is 16.9 Å². The van der Waals surface area contributed by atoms with Crippen LogP contribution in [0.4, 0.5) is 5.69 Å². The van der Waals surface area contributed by atoms with Gasteiger partial charge in [-0.3, -0.25) is 4.79 Å². The second-order valence-corrected chi connectivity index (χ2v) is 11.1. The second-order valence-electron chi connectivity index (χ2n) is 11.1. The molecule has 0 fully saturated rings. The number of H-pyrrole nitrogens is 2. The maximum atomic E-state index is 12.1. The Labute approximate surface area is 256 Å². The van der Waals surface area contributed by atoms with Crippen molar-refractivity contribution in [3.05, 3.63) is 155 Å². The van der Waals surface area contributed by atoms with E-state index in [-0.39, 0.29) is 11.8 Å². The number of aromatic nitrogens is 2.